The number of anilines is 1. The number of carbonyl (C=O) groups excluding carboxylic acids is 2. The van der Waals surface area contributed by atoms with Crippen LogP contribution in [0.3, 0.4) is 0 Å². The van der Waals surface area contributed by atoms with Crippen LogP contribution in [-0.2, 0) is 14.3 Å². The van der Waals surface area contributed by atoms with Crippen LogP contribution in [0.2, 0.25) is 5.02 Å². The molecule has 1 aromatic carbocycles. The van der Waals surface area contributed by atoms with Crippen LogP contribution in [0.1, 0.15) is 18.9 Å². The predicted molar refractivity (Wildman–Crippen MR) is 73.0 cm³/mol. The van der Waals surface area contributed by atoms with Gasteiger partial charge in [0.1, 0.15) is 6.07 Å². The smallest absolute Gasteiger partial charge is 0.309 e. The molecule has 104 valence electrons. The van der Waals surface area contributed by atoms with Crippen molar-refractivity contribution in [1.29, 1.82) is 5.26 Å². The molecule has 0 unspecified atom stereocenters. The largest absolute Gasteiger partial charge is 0.455 e. The highest BCUT2D eigenvalue weighted by molar-refractivity contribution is 6.31. The number of nitrogens with zero attached hydrogens (tertiary/aromatic N) is 1. The van der Waals surface area contributed by atoms with Gasteiger partial charge in [-0.15, -0.1) is 0 Å². The Labute approximate surface area is 121 Å². The quantitative estimate of drug-likeness (QED) is 0.864. The number of nitriles is 1. The number of nitrogens with one attached hydrogen (secondary N) is 1. The maximum absolute atomic E-state index is 11.7. The van der Waals surface area contributed by atoms with Crippen molar-refractivity contribution in [1.82, 2.24) is 0 Å². The van der Waals surface area contributed by atoms with E-state index in [0.717, 1.165) is 6.42 Å². The molecule has 0 aromatic heterocycles. The first kappa shape index (κ1) is 14.4. The number of esters is 1. The van der Waals surface area contributed by atoms with Crippen LogP contribution in [0.15, 0.2) is 18.2 Å². The summed E-state index contributed by atoms with van der Waals surface area (Å²) >= 11 is 5.80. The molecule has 0 aliphatic heterocycles. The summed E-state index contributed by atoms with van der Waals surface area (Å²) in [6.45, 7) is 1.59. The monoisotopic (exact) mass is 292 g/mol. The van der Waals surface area contributed by atoms with Crippen molar-refractivity contribution in [2.45, 2.75) is 13.3 Å². The Balaban J connectivity index is 1.90. The molecule has 2 atom stereocenters. The van der Waals surface area contributed by atoms with E-state index in [-0.39, 0.29) is 18.5 Å². The molecule has 1 aliphatic rings. The van der Waals surface area contributed by atoms with Crippen LogP contribution in [0.5, 0.6) is 0 Å². The second kappa shape index (κ2) is 5.93. The highest BCUT2D eigenvalue weighted by atomic mass is 35.5. The highest BCUT2D eigenvalue weighted by Crippen LogP contribution is 2.38. The molecule has 1 amide bonds. The molecule has 5 nitrogen and oxygen atoms in total. The number of hydrogen-bond acceptors (Lipinski definition) is 4. The van der Waals surface area contributed by atoms with Crippen LogP contribution in [0.4, 0.5) is 5.69 Å². The number of rotatable bonds is 4. The molecule has 1 fully saturated rings. The number of ether oxygens (including phenoxy) is 1. The molecule has 0 saturated heterocycles. The Morgan fingerprint density at radius 3 is 2.85 bits per heavy atom. The zero-order chi connectivity index (χ0) is 14.7. The van der Waals surface area contributed by atoms with Gasteiger partial charge in [0.05, 0.1) is 17.2 Å². The average Bonchev–Trinajstić information content (AvgIpc) is 3.13. The van der Waals surface area contributed by atoms with Crippen LogP contribution < -0.4 is 5.32 Å². The molecule has 1 aromatic rings. The lowest BCUT2D eigenvalue weighted by Gasteiger charge is -2.08. The van der Waals surface area contributed by atoms with E-state index in [1.54, 1.807) is 6.07 Å². The van der Waals surface area contributed by atoms with E-state index in [1.807, 2.05) is 13.0 Å². The number of benzene rings is 1. The normalized spacial score (nSPS) is 19.9. The van der Waals surface area contributed by atoms with Gasteiger partial charge in [-0.2, -0.15) is 5.26 Å². The van der Waals surface area contributed by atoms with Gasteiger partial charge in [-0.05, 0) is 30.5 Å². The number of amides is 1. The third kappa shape index (κ3) is 3.49. The third-order valence-electron chi connectivity index (χ3n) is 3.13. The van der Waals surface area contributed by atoms with Crippen molar-refractivity contribution in [3.63, 3.8) is 0 Å². The second-order valence-electron chi connectivity index (χ2n) is 4.78. The summed E-state index contributed by atoms with van der Waals surface area (Å²) in [6, 6.07) is 6.49. The van der Waals surface area contributed by atoms with Crippen LogP contribution in [0, 0.1) is 23.2 Å². The molecule has 0 heterocycles. The lowest BCUT2D eigenvalue weighted by atomic mass is 10.2. The van der Waals surface area contributed by atoms with Crippen LogP contribution in [-0.4, -0.2) is 18.5 Å². The Morgan fingerprint density at radius 1 is 1.55 bits per heavy atom. The average molecular weight is 293 g/mol. The van der Waals surface area contributed by atoms with E-state index in [1.165, 1.54) is 12.1 Å². The molecule has 1 N–H and O–H groups in total. The molecular weight excluding hydrogens is 280 g/mol. The van der Waals surface area contributed by atoms with Gasteiger partial charge >= 0.3 is 5.97 Å². The third-order valence-corrected chi connectivity index (χ3v) is 3.37. The summed E-state index contributed by atoms with van der Waals surface area (Å²) in [5.74, 6) is -0.586. The molecule has 1 saturated carbocycles. The van der Waals surface area contributed by atoms with Gasteiger partial charge in [-0.3, -0.25) is 9.59 Å². The fourth-order valence-electron chi connectivity index (χ4n) is 1.80. The Morgan fingerprint density at radius 2 is 2.25 bits per heavy atom. The summed E-state index contributed by atoms with van der Waals surface area (Å²) in [6.07, 6.45) is 0.813. The zero-order valence-electron chi connectivity index (χ0n) is 10.9. The van der Waals surface area contributed by atoms with Crippen LogP contribution >= 0.6 is 11.6 Å². The Kier molecular flexibility index (Phi) is 4.26. The summed E-state index contributed by atoms with van der Waals surface area (Å²) in [4.78, 5) is 23.2. The van der Waals surface area contributed by atoms with E-state index >= 15 is 0 Å². The number of hydrogen-bond donors (Lipinski definition) is 1. The summed E-state index contributed by atoms with van der Waals surface area (Å²) < 4.78 is 4.91. The van der Waals surface area contributed by atoms with Crippen molar-refractivity contribution in [2.75, 3.05) is 11.9 Å². The topological polar surface area (TPSA) is 79.2 Å². The van der Waals surface area contributed by atoms with Crippen molar-refractivity contribution in [3.8, 4) is 6.07 Å². The lowest BCUT2D eigenvalue weighted by Crippen LogP contribution is -2.22. The molecule has 0 spiro atoms. The van der Waals surface area contributed by atoms with Gasteiger partial charge in [0.2, 0.25) is 0 Å². The molecule has 0 radical (unpaired) electrons. The van der Waals surface area contributed by atoms with Gasteiger partial charge in [0, 0.05) is 5.02 Å². The van der Waals surface area contributed by atoms with Crippen molar-refractivity contribution in [3.05, 3.63) is 28.8 Å². The maximum atomic E-state index is 11.7. The minimum atomic E-state index is -0.495. The van der Waals surface area contributed by atoms with Crippen molar-refractivity contribution >= 4 is 29.2 Å². The van der Waals surface area contributed by atoms with Gasteiger partial charge < -0.3 is 10.1 Å². The fraction of sp³-hybridized carbons (Fsp3) is 0.357. The first-order valence-corrected chi connectivity index (χ1v) is 6.55. The van der Waals surface area contributed by atoms with Gasteiger partial charge in [-0.25, -0.2) is 0 Å². The maximum Gasteiger partial charge on any atom is 0.309 e. The van der Waals surface area contributed by atoms with E-state index in [9.17, 15) is 9.59 Å². The van der Waals surface area contributed by atoms with E-state index < -0.39 is 5.91 Å². The Bertz CT molecular complexity index is 595. The van der Waals surface area contributed by atoms with Crippen molar-refractivity contribution in [2.24, 2.45) is 11.8 Å². The van der Waals surface area contributed by atoms with E-state index in [0.29, 0.717) is 22.2 Å². The van der Waals surface area contributed by atoms with Gasteiger partial charge in [0.25, 0.3) is 5.91 Å². The van der Waals surface area contributed by atoms with E-state index in [2.05, 4.69) is 5.32 Å². The SMILES string of the molecule is C[C@@H]1C[C@@H]1C(=O)OCC(=O)Nc1cc(Cl)ccc1C#N. The minimum absolute atomic E-state index is 0.0800. The Hall–Kier alpha value is -2.06. The fourth-order valence-corrected chi connectivity index (χ4v) is 1.97. The molecule has 6 heteroatoms. The van der Waals surface area contributed by atoms with Crippen LogP contribution in [0.25, 0.3) is 0 Å². The molecule has 0 bridgehead atoms. The summed E-state index contributed by atoms with van der Waals surface area (Å²) in [7, 11) is 0. The first-order valence-electron chi connectivity index (χ1n) is 6.17. The molecule has 2 rings (SSSR count). The second-order valence-corrected chi connectivity index (χ2v) is 5.21. The van der Waals surface area contributed by atoms with Crippen molar-refractivity contribution < 1.29 is 14.3 Å². The first-order chi connectivity index (χ1) is 9.51. The van der Waals surface area contributed by atoms with Gasteiger partial charge in [-0.1, -0.05) is 18.5 Å². The highest BCUT2D eigenvalue weighted by Gasteiger charge is 2.40. The number of halogens is 1. The zero-order valence-corrected chi connectivity index (χ0v) is 11.6. The summed E-state index contributed by atoms with van der Waals surface area (Å²) in [5.41, 5.74) is 0.603. The molecule has 20 heavy (non-hydrogen) atoms. The lowest BCUT2D eigenvalue weighted by molar-refractivity contribution is -0.148. The standard InChI is InChI=1S/C14H13ClN2O3/c1-8-4-11(8)14(19)20-7-13(18)17-12-5-10(15)3-2-9(12)6-16/h2-3,5,8,11H,4,7H2,1H3,(H,17,18)/t8-,11+/m1/s1. The summed E-state index contributed by atoms with van der Waals surface area (Å²) in [5, 5.41) is 11.8. The van der Waals surface area contributed by atoms with E-state index in [4.69, 9.17) is 21.6 Å². The minimum Gasteiger partial charge on any atom is -0.455 e. The molecule has 1 aliphatic carbocycles. The number of carbonyl (C=O) groups is 2. The molecular formula is C14H13ClN2O3. The van der Waals surface area contributed by atoms with Gasteiger partial charge in [0.15, 0.2) is 6.61 Å². The predicted octanol–water partition coefficient (Wildman–Crippen LogP) is 2.35.